The van der Waals surface area contributed by atoms with E-state index in [1.807, 2.05) is 6.07 Å². The Bertz CT molecular complexity index is 541. The molecule has 0 heterocycles. The molecule has 0 spiro atoms. The molecule has 1 unspecified atom stereocenters. The van der Waals surface area contributed by atoms with Gasteiger partial charge in [0.05, 0.1) is 5.75 Å². The highest BCUT2D eigenvalue weighted by Crippen LogP contribution is 2.12. The molecule has 0 aliphatic carbocycles. The van der Waals surface area contributed by atoms with E-state index in [1.54, 1.807) is 39.1 Å². The third kappa shape index (κ3) is 4.90. The molecule has 1 aromatic carbocycles. The summed E-state index contributed by atoms with van der Waals surface area (Å²) < 4.78 is 23.0. The highest BCUT2D eigenvalue weighted by atomic mass is 32.2. The molecule has 0 saturated heterocycles. The van der Waals surface area contributed by atoms with Crippen molar-refractivity contribution in [2.75, 3.05) is 23.9 Å². The number of nitrogens with one attached hydrogen (secondary N) is 2. The Balaban J connectivity index is 2.75. The Labute approximate surface area is 114 Å². The molecular weight excluding hydrogens is 264 g/mol. The van der Waals surface area contributed by atoms with Crippen molar-refractivity contribution in [2.45, 2.75) is 19.9 Å². The first-order valence-electron chi connectivity index (χ1n) is 6.17. The van der Waals surface area contributed by atoms with Crippen molar-refractivity contribution in [1.82, 2.24) is 5.32 Å². The largest absolute Gasteiger partial charge is 0.382 e. The molecule has 6 heteroatoms. The highest BCUT2D eigenvalue weighted by Gasteiger charge is 2.13. The third-order valence-electron chi connectivity index (χ3n) is 2.71. The lowest BCUT2D eigenvalue weighted by Gasteiger charge is -2.15. The van der Waals surface area contributed by atoms with E-state index >= 15 is 0 Å². The number of carbonyl (C=O) groups excluding carboxylic acids is 1. The second-order valence-electron chi connectivity index (χ2n) is 4.40. The first kappa shape index (κ1) is 15.5. The molecule has 0 fully saturated rings. The van der Waals surface area contributed by atoms with Gasteiger partial charge < -0.3 is 10.6 Å². The maximum Gasteiger partial charge on any atom is 0.251 e. The molecule has 5 nitrogen and oxygen atoms in total. The van der Waals surface area contributed by atoms with Crippen LogP contribution in [0.2, 0.25) is 0 Å². The topological polar surface area (TPSA) is 75.3 Å². The first-order valence-corrected chi connectivity index (χ1v) is 7.99. The molecule has 0 aromatic heterocycles. The molecule has 1 atom stereocenters. The van der Waals surface area contributed by atoms with Crippen LogP contribution in [0.5, 0.6) is 0 Å². The average Bonchev–Trinajstić information content (AvgIpc) is 2.37. The molecule has 0 aliphatic heterocycles. The number of benzene rings is 1. The van der Waals surface area contributed by atoms with Crippen LogP contribution in [0.25, 0.3) is 0 Å². The summed E-state index contributed by atoms with van der Waals surface area (Å²) in [5, 5.41) is 5.64. The molecule has 1 amide bonds. The van der Waals surface area contributed by atoms with Crippen LogP contribution in [-0.4, -0.2) is 38.9 Å². The number of amides is 1. The Hall–Kier alpha value is -1.56. The van der Waals surface area contributed by atoms with Crippen LogP contribution in [0.15, 0.2) is 24.3 Å². The van der Waals surface area contributed by atoms with E-state index in [-0.39, 0.29) is 23.5 Å². The molecular formula is C13H20N2O3S. The second-order valence-corrected chi connectivity index (χ2v) is 6.80. The zero-order valence-corrected chi connectivity index (χ0v) is 12.3. The lowest BCUT2D eigenvalue weighted by molar-refractivity contribution is 0.0963. The molecule has 0 bridgehead atoms. The van der Waals surface area contributed by atoms with E-state index in [9.17, 15) is 13.2 Å². The summed E-state index contributed by atoms with van der Waals surface area (Å²) in [4.78, 5) is 11.5. The van der Waals surface area contributed by atoms with Gasteiger partial charge in [0, 0.05) is 30.1 Å². The molecule has 0 radical (unpaired) electrons. The standard InChI is InChI=1S/C13H20N2O3S/c1-4-19(17,18)9-10(2)15-12-7-5-6-11(8-12)13(16)14-3/h5-8,10,15H,4,9H2,1-3H3,(H,14,16). The number of anilines is 1. The van der Waals surface area contributed by atoms with Crippen LogP contribution in [-0.2, 0) is 9.84 Å². The van der Waals surface area contributed by atoms with E-state index in [0.717, 1.165) is 5.69 Å². The molecule has 1 rings (SSSR count). The second kappa shape index (κ2) is 6.56. The molecule has 0 saturated carbocycles. The fourth-order valence-corrected chi connectivity index (χ4v) is 2.80. The molecule has 2 N–H and O–H groups in total. The fourth-order valence-electron chi connectivity index (χ4n) is 1.72. The van der Waals surface area contributed by atoms with E-state index in [0.29, 0.717) is 5.56 Å². The normalized spacial score (nSPS) is 12.8. The van der Waals surface area contributed by atoms with Gasteiger partial charge in [-0.3, -0.25) is 4.79 Å². The summed E-state index contributed by atoms with van der Waals surface area (Å²) >= 11 is 0. The Morgan fingerprint density at radius 3 is 2.63 bits per heavy atom. The van der Waals surface area contributed by atoms with Gasteiger partial charge in [0.25, 0.3) is 5.91 Å². The third-order valence-corrected chi connectivity index (χ3v) is 4.60. The summed E-state index contributed by atoms with van der Waals surface area (Å²) in [7, 11) is -1.44. The van der Waals surface area contributed by atoms with Gasteiger partial charge in [-0.25, -0.2) is 8.42 Å². The van der Waals surface area contributed by atoms with Crippen molar-refractivity contribution in [2.24, 2.45) is 0 Å². The summed E-state index contributed by atoms with van der Waals surface area (Å²) in [5.74, 6) is 0.0443. The smallest absolute Gasteiger partial charge is 0.251 e. The molecule has 0 aliphatic rings. The van der Waals surface area contributed by atoms with Crippen LogP contribution in [0.1, 0.15) is 24.2 Å². The van der Waals surface area contributed by atoms with Crippen molar-refractivity contribution >= 4 is 21.4 Å². The van der Waals surface area contributed by atoms with Crippen LogP contribution < -0.4 is 10.6 Å². The van der Waals surface area contributed by atoms with E-state index in [2.05, 4.69) is 10.6 Å². The van der Waals surface area contributed by atoms with Gasteiger partial charge in [0.15, 0.2) is 9.84 Å². The van der Waals surface area contributed by atoms with Gasteiger partial charge in [-0.2, -0.15) is 0 Å². The number of rotatable bonds is 6. The van der Waals surface area contributed by atoms with E-state index in [1.165, 1.54) is 0 Å². The van der Waals surface area contributed by atoms with Crippen LogP contribution in [0, 0.1) is 0 Å². The minimum Gasteiger partial charge on any atom is -0.382 e. The number of carbonyl (C=O) groups is 1. The van der Waals surface area contributed by atoms with Gasteiger partial charge in [0.1, 0.15) is 0 Å². The van der Waals surface area contributed by atoms with Crippen molar-refractivity contribution in [1.29, 1.82) is 0 Å². The quantitative estimate of drug-likeness (QED) is 0.825. The highest BCUT2D eigenvalue weighted by molar-refractivity contribution is 7.91. The van der Waals surface area contributed by atoms with Crippen LogP contribution in [0.4, 0.5) is 5.69 Å². The summed E-state index contributed by atoms with van der Waals surface area (Å²) in [6.45, 7) is 3.44. The maximum atomic E-state index is 11.5. The molecule has 19 heavy (non-hydrogen) atoms. The lowest BCUT2D eigenvalue weighted by Crippen LogP contribution is -2.27. The van der Waals surface area contributed by atoms with E-state index in [4.69, 9.17) is 0 Å². The maximum absolute atomic E-state index is 11.5. The number of sulfone groups is 1. The van der Waals surface area contributed by atoms with Crippen LogP contribution >= 0.6 is 0 Å². The molecule has 1 aromatic rings. The SMILES string of the molecule is CCS(=O)(=O)CC(C)Nc1cccc(C(=O)NC)c1. The Morgan fingerprint density at radius 1 is 1.37 bits per heavy atom. The lowest BCUT2D eigenvalue weighted by atomic mass is 10.2. The molecule has 106 valence electrons. The Kier molecular flexibility index (Phi) is 5.35. The van der Waals surface area contributed by atoms with Gasteiger partial charge in [0.2, 0.25) is 0 Å². The predicted molar refractivity (Wildman–Crippen MR) is 77.2 cm³/mol. The average molecular weight is 284 g/mol. The monoisotopic (exact) mass is 284 g/mol. The van der Waals surface area contributed by atoms with Gasteiger partial charge in [-0.1, -0.05) is 13.0 Å². The summed E-state index contributed by atoms with van der Waals surface area (Å²) in [6.07, 6.45) is 0. The van der Waals surface area contributed by atoms with Gasteiger partial charge in [-0.15, -0.1) is 0 Å². The van der Waals surface area contributed by atoms with Crippen molar-refractivity contribution in [3.63, 3.8) is 0 Å². The van der Waals surface area contributed by atoms with Gasteiger partial charge >= 0.3 is 0 Å². The van der Waals surface area contributed by atoms with Gasteiger partial charge in [-0.05, 0) is 25.1 Å². The zero-order chi connectivity index (χ0) is 14.5. The van der Waals surface area contributed by atoms with Crippen LogP contribution in [0.3, 0.4) is 0 Å². The number of hydrogen-bond acceptors (Lipinski definition) is 4. The zero-order valence-electron chi connectivity index (χ0n) is 11.4. The fraction of sp³-hybridized carbons (Fsp3) is 0.462. The van der Waals surface area contributed by atoms with E-state index < -0.39 is 9.84 Å². The number of hydrogen-bond donors (Lipinski definition) is 2. The summed E-state index contributed by atoms with van der Waals surface area (Å²) in [6, 6.07) is 6.77. The van der Waals surface area contributed by atoms with Crippen molar-refractivity contribution in [3.05, 3.63) is 29.8 Å². The first-order chi connectivity index (χ1) is 8.88. The minimum atomic E-state index is -3.01. The minimum absolute atomic E-state index is 0.0771. The Morgan fingerprint density at radius 2 is 2.05 bits per heavy atom. The predicted octanol–water partition coefficient (Wildman–Crippen LogP) is 1.28. The van der Waals surface area contributed by atoms with Crippen molar-refractivity contribution < 1.29 is 13.2 Å². The summed E-state index contributed by atoms with van der Waals surface area (Å²) in [5.41, 5.74) is 1.28. The van der Waals surface area contributed by atoms with Crippen molar-refractivity contribution in [3.8, 4) is 0 Å².